The third-order valence-corrected chi connectivity index (χ3v) is 3.33. The average molecular weight is 228 g/mol. The Morgan fingerprint density at radius 2 is 2.06 bits per heavy atom. The summed E-state index contributed by atoms with van der Waals surface area (Å²) in [5, 5.41) is 13.1. The van der Waals surface area contributed by atoms with Crippen molar-refractivity contribution < 1.29 is 5.11 Å². The highest BCUT2D eigenvalue weighted by Gasteiger charge is 2.32. The summed E-state index contributed by atoms with van der Waals surface area (Å²) in [4.78, 5) is 2.44. The molecule has 1 aliphatic rings. The highest BCUT2D eigenvalue weighted by molar-refractivity contribution is 4.94. The van der Waals surface area contributed by atoms with E-state index in [2.05, 4.69) is 31.0 Å². The monoisotopic (exact) mass is 228 g/mol. The number of aliphatic hydroxyl groups is 1. The molecule has 0 amide bonds. The van der Waals surface area contributed by atoms with Crippen molar-refractivity contribution in [2.75, 3.05) is 26.2 Å². The maximum Gasteiger partial charge on any atom is 0.0623 e. The Kier molecular flexibility index (Phi) is 5.73. The predicted octanol–water partition coefficient (Wildman–Crippen LogP) is 1.61. The first-order valence-corrected chi connectivity index (χ1v) is 6.74. The molecule has 16 heavy (non-hydrogen) atoms. The molecule has 3 nitrogen and oxygen atoms in total. The molecule has 0 aromatic heterocycles. The lowest BCUT2D eigenvalue weighted by molar-refractivity contribution is 0.120. The molecule has 1 rings (SSSR count). The number of rotatable bonds is 9. The fraction of sp³-hybridized carbons (Fsp3) is 1.00. The zero-order valence-electron chi connectivity index (χ0n) is 11.1. The molecule has 3 heteroatoms. The number of nitrogens with one attached hydrogen (secondary N) is 1. The van der Waals surface area contributed by atoms with Crippen molar-refractivity contribution in [3.63, 3.8) is 0 Å². The van der Waals surface area contributed by atoms with Crippen LogP contribution in [-0.4, -0.2) is 47.8 Å². The highest BCUT2D eigenvalue weighted by atomic mass is 16.3. The standard InChI is InChI=1S/C13H28N2O/c1-4-6-9-15(5-2)10-13(3,11-16)14-12-7-8-12/h12,14,16H,4-11H2,1-3H3. The topological polar surface area (TPSA) is 35.5 Å². The predicted molar refractivity (Wildman–Crippen MR) is 68.7 cm³/mol. The van der Waals surface area contributed by atoms with Crippen molar-refractivity contribution in [3.05, 3.63) is 0 Å². The fourth-order valence-electron chi connectivity index (χ4n) is 2.09. The van der Waals surface area contributed by atoms with E-state index in [1.807, 2.05) is 0 Å². The third-order valence-electron chi connectivity index (χ3n) is 3.33. The Hall–Kier alpha value is -0.120. The van der Waals surface area contributed by atoms with Crippen LogP contribution in [0.25, 0.3) is 0 Å². The maximum atomic E-state index is 9.54. The first kappa shape index (κ1) is 13.9. The van der Waals surface area contributed by atoms with Gasteiger partial charge in [0.05, 0.1) is 12.1 Å². The lowest BCUT2D eigenvalue weighted by Crippen LogP contribution is -2.55. The van der Waals surface area contributed by atoms with E-state index in [0.717, 1.165) is 19.6 Å². The molecule has 0 heterocycles. The molecule has 1 aliphatic carbocycles. The first-order chi connectivity index (χ1) is 7.63. The van der Waals surface area contributed by atoms with Gasteiger partial charge in [-0.25, -0.2) is 0 Å². The summed E-state index contributed by atoms with van der Waals surface area (Å²) >= 11 is 0. The van der Waals surface area contributed by atoms with Gasteiger partial charge in [0, 0.05) is 12.6 Å². The minimum atomic E-state index is -0.120. The lowest BCUT2D eigenvalue weighted by atomic mass is 10.0. The van der Waals surface area contributed by atoms with Crippen molar-refractivity contribution in [1.29, 1.82) is 0 Å². The number of likely N-dealkylation sites (N-methyl/N-ethyl adjacent to an activating group) is 1. The van der Waals surface area contributed by atoms with Crippen molar-refractivity contribution in [1.82, 2.24) is 10.2 Å². The molecule has 1 unspecified atom stereocenters. The summed E-state index contributed by atoms with van der Waals surface area (Å²) in [6.07, 6.45) is 5.04. The normalized spacial score (nSPS) is 20.1. The molecule has 0 saturated heterocycles. The van der Waals surface area contributed by atoms with Crippen LogP contribution >= 0.6 is 0 Å². The van der Waals surface area contributed by atoms with E-state index in [4.69, 9.17) is 0 Å². The molecule has 96 valence electrons. The Bertz CT molecular complexity index is 194. The number of hydrogen-bond donors (Lipinski definition) is 2. The Labute approximate surface area is 100 Å². The van der Waals surface area contributed by atoms with Crippen LogP contribution in [-0.2, 0) is 0 Å². The van der Waals surface area contributed by atoms with E-state index in [0.29, 0.717) is 6.04 Å². The van der Waals surface area contributed by atoms with Gasteiger partial charge in [0.15, 0.2) is 0 Å². The van der Waals surface area contributed by atoms with E-state index in [-0.39, 0.29) is 12.1 Å². The summed E-state index contributed by atoms with van der Waals surface area (Å²) in [6, 6.07) is 0.655. The summed E-state index contributed by atoms with van der Waals surface area (Å²) in [5.74, 6) is 0. The van der Waals surface area contributed by atoms with Crippen LogP contribution in [0.2, 0.25) is 0 Å². The van der Waals surface area contributed by atoms with Gasteiger partial charge in [-0.1, -0.05) is 20.3 Å². The van der Waals surface area contributed by atoms with Crippen LogP contribution in [0, 0.1) is 0 Å². The molecule has 0 aromatic carbocycles. The highest BCUT2D eigenvalue weighted by Crippen LogP contribution is 2.22. The van der Waals surface area contributed by atoms with E-state index < -0.39 is 0 Å². The maximum absolute atomic E-state index is 9.54. The van der Waals surface area contributed by atoms with Gasteiger partial charge in [0.25, 0.3) is 0 Å². The zero-order chi connectivity index (χ0) is 12.0. The summed E-state index contributed by atoms with van der Waals surface area (Å²) in [5.41, 5.74) is -0.120. The number of aliphatic hydroxyl groups excluding tert-OH is 1. The van der Waals surface area contributed by atoms with Crippen LogP contribution in [0.4, 0.5) is 0 Å². The molecule has 1 fully saturated rings. The van der Waals surface area contributed by atoms with E-state index in [1.165, 1.54) is 25.7 Å². The first-order valence-electron chi connectivity index (χ1n) is 6.74. The fourth-order valence-corrected chi connectivity index (χ4v) is 2.09. The summed E-state index contributed by atoms with van der Waals surface area (Å²) in [6.45, 7) is 9.96. The van der Waals surface area contributed by atoms with Crippen molar-refractivity contribution >= 4 is 0 Å². The van der Waals surface area contributed by atoms with Crippen LogP contribution in [0.3, 0.4) is 0 Å². The number of hydrogen-bond acceptors (Lipinski definition) is 3. The van der Waals surface area contributed by atoms with Crippen molar-refractivity contribution in [2.45, 2.75) is 58.0 Å². The minimum absolute atomic E-state index is 0.120. The van der Waals surface area contributed by atoms with Gasteiger partial charge in [0.1, 0.15) is 0 Å². The number of nitrogens with zero attached hydrogens (tertiary/aromatic N) is 1. The largest absolute Gasteiger partial charge is 0.394 e. The second kappa shape index (κ2) is 6.58. The van der Waals surface area contributed by atoms with E-state index in [1.54, 1.807) is 0 Å². The van der Waals surface area contributed by atoms with Crippen molar-refractivity contribution in [3.8, 4) is 0 Å². The Balaban J connectivity index is 2.37. The summed E-state index contributed by atoms with van der Waals surface area (Å²) in [7, 11) is 0. The van der Waals surface area contributed by atoms with Crippen molar-refractivity contribution in [2.24, 2.45) is 0 Å². The second-order valence-electron chi connectivity index (χ2n) is 5.36. The smallest absolute Gasteiger partial charge is 0.0623 e. The molecular formula is C13H28N2O. The van der Waals surface area contributed by atoms with Gasteiger partial charge in [0.2, 0.25) is 0 Å². The van der Waals surface area contributed by atoms with Crippen LogP contribution < -0.4 is 5.32 Å². The third kappa shape index (κ3) is 4.81. The van der Waals surface area contributed by atoms with Gasteiger partial charge < -0.3 is 15.3 Å². The molecule has 0 bridgehead atoms. The average Bonchev–Trinajstić information content (AvgIpc) is 3.08. The molecule has 2 N–H and O–H groups in total. The van der Waals surface area contributed by atoms with Gasteiger partial charge in [-0.15, -0.1) is 0 Å². The van der Waals surface area contributed by atoms with E-state index in [9.17, 15) is 5.11 Å². The summed E-state index contributed by atoms with van der Waals surface area (Å²) < 4.78 is 0. The number of unbranched alkanes of at least 4 members (excludes halogenated alkanes) is 1. The molecule has 0 aliphatic heterocycles. The second-order valence-corrected chi connectivity index (χ2v) is 5.36. The molecular weight excluding hydrogens is 200 g/mol. The quantitative estimate of drug-likeness (QED) is 0.629. The van der Waals surface area contributed by atoms with Gasteiger partial charge >= 0.3 is 0 Å². The van der Waals surface area contributed by atoms with Gasteiger partial charge in [-0.2, -0.15) is 0 Å². The molecule has 1 saturated carbocycles. The van der Waals surface area contributed by atoms with Crippen LogP contribution in [0.15, 0.2) is 0 Å². The Morgan fingerprint density at radius 3 is 2.50 bits per heavy atom. The molecule has 0 spiro atoms. The lowest BCUT2D eigenvalue weighted by Gasteiger charge is -2.35. The molecule has 0 aromatic rings. The van der Waals surface area contributed by atoms with Crippen LogP contribution in [0.5, 0.6) is 0 Å². The minimum Gasteiger partial charge on any atom is -0.394 e. The Morgan fingerprint density at radius 1 is 1.38 bits per heavy atom. The van der Waals surface area contributed by atoms with Gasteiger partial charge in [-0.05, 0) is 39.3 Å². The van der Waals surface area contributed by atoms with E-state index >= 15 is 0 Å². The molecule has 1 atom stereocenters. The van der Waals surface area contributed by atoms with Gasteiger partial charge in [-0.3, -0.25) is 0 Å². The molecule has 0 radical (unpaired) electrons. The SMILES string of the molecule is CCCCN(CC)CC(C)(CO)NC1CC1. The van der Waals surface area contributed by atoms with Crippen LogP contribution in [0.1, 0.15) is 46.5 Å². The zero-order valence-corrected chi connectivity index (χ0v) is 11.1.